The number of aromatic amines is 1. The normalized spacial score (nSPS) is 10.6. The molecule has 1 amide bonds. The first-order valence-corrected chi connectivity index (χ1v) is 6.32. The van der Waals surface area contributed by atoms with Gasteiger partial charge in [0.1, 0.15) is 5.75 Å². The lowest BCUT2D eigenvalue weighted by Gasteiger charge is -2.06. The van der Waals surface area contributed by atoms with E-state index in [9.17, 15) is 9.90 Å². The Hall–Kier alpha value is -2.17. The number of nitrogens with one attached hydrogen (secondary N) is 2. The van der Waals surface area contributed by atoms with Gasteiger partial charge in [0.25, 0.3) is 0 Å². The largest absolute Gasteiger partial charge is 0.508 e. The molecule has 0 spiro atoms. The second-order valence-corrected chi connectivity index (χ2v) is 4.33. The third kappa shape index (κ3) is 2.99. The Labute approximate surface area is 111 Å². The lowest BCUT2D eigenvalue weighted by Crippen LogP contribution is -2.22. The van der Waals surface area contributed by atoms with Crippen LogP contribution in [0.1, 0.15) is 19.4 Å². The Morgan fingerprint density at radius 3 is 2.95 bits per heavy atom. The molecule has 102 valence electrons. The summed E-state index contributed by atoms with van der Waals surface area (Å²) >= 11 is 0. The van der Waals surface area contributed by atoms with Crippen LogP contribution in [-0.2, 0) is 11.2 Å². The second-order valence-electron chi connectivity index (χ2n) is 4.33. The van der Waals surface area contributed by atoms with Crippen LogP contribution >= 0.6 is 0 Å². The van der Waals surface area contributed by atoms with Gasteiger partial charge in [-0.05, 0) is 31.5 Å². The van der Waals surface area contributed by atoms with Gasteiger partial charge in [0.15, 0.2) is 5.88 Å². The molecule has 0 saturated heterocycles. The highest BCUT2D eigenvalue weighted by Gasteiger charge is 2.13. The van der Waals surface area contributed by atoms with Crippen molar-refractivity contribution in [2.75, 3.05) is 13.2 Å². The number of amides is 1. The fraction of sp³-hybridized carbons (Fsp3) is 0.357. The number of carbonyl (C=O) groups excluding carboxylic acids is 1. The van der Waals surface area contributed by atoms with Gasteiger partial charge in [0.05, 0.1) is 6.61 Å². The molecule has 19 heavy (non-hydrogen) atoms. The highest BCUT2D eigenvalue weighted by atomic mass is 16.5. The van der Waals surface area contributed by atoms with Gasteiger partial charge in [0.2, 0.25) is 5.91 Å². The van der Waals surface area contributed by atoms with E-state index < -0.39 is 0 Å². The molecule has 0 aliphatic carbocycles. The quantitative estimate of drug-likeness (QED) is 0.771. The molecule has 2 rings (SSSR count). The number of H-pyrrole nitrogens is 1. The van der Waals surface area contributed by atoms with Gasteiger partial charge in [-0.25, -0.2) is 0 Å². The number of rotatable bonds is 5. The predicted octanol–water partition coefficient (Wildman–Crippen LogP) is 1.95. The lowest BCUT2D eigenvalue weighted by molar-refractivity contribution is -0.118. The van der Waals surface area contributed by atoms with E-state index in [2.05, 4.69) is 10.3 Å². The Morgan fingerprint density at radius 2 is 2.26 bits per heavy atom. The van der Waals surface area contributed by atoms with Gasteiger partial charge in [-0.15, -0.1) is 0 Å². The van der Waals surface area contributed by atoms with Crippen LogP contribution in [0.3, 0.4) is 0 Å². The molecule has 5 heteroatoms. The summed E-state index contributed by atoms with van der Waals surface area (Å²) in [7, 11) is 0. The molecule has 1 aromatic carbocycles. The first-order chi connectivity index (χ1) is 9.11. The van der Waals surface area contributed by atoms with E-state index in [1.807, 2.05) is 13.0 Å². The number of aromatic hydroxyl groups is 1. The molecule has 0 unspecified atom stereocenters. The van der Waals surface area contributed by atoms with Crippen molar-refractivity contribution in [1.82, 2.24) is 10.3 Å². The van der Waals surface area contributed by atoms with E-state index in [1.54, 1.807) is 12.1 Å². The highest BCUT2D eigenvalue weighted by molar-refractivity contribution is 5.87. The number of phenolic OH excluding ortho intramolecular Hbond substituents is 1. The SMILES string of the molecule is CCOc1[nH]c2ccc(O)cc2c1CCNC(C)=O. The number of ether oxygens (including phenoxy) is 1. The first-order valence-electron chi connectivity index (χ1n) is 6.32. The van der Waals surface area contributed by atoms with E-state index in [0.29, 0.717) is 25.5 Å². The molecule has 0 saturated carbocycles. The summed E-state index contributed by atoms with van der Waals surface area (Å²) in [5.41, 5.74) is 1.89. The van der Waals surface area contributed by atoms with E-state index in [1.165, 1.54) is 6.92 Å². The number of carbonyl (C=O) groups is 1. The van der Waals surface area contributed by atoms with Crippen LogP contribution in [0, 0.1) is 0 Å². The predicted molar refractivity (Wildman–Crippen MR) is 73.5 cm³/mol. The maximum absolute atomic E-state index is 10.9. The number of phenols is 1. The Balaban J connectivity index is 2.33. The maximum Gasteiger partial charge on any atom is 0.216 e. The molecular formula is C14H18N2O3. The maximum atomic E-state index is 10.9. The zero-order valence-electron chi connectivity index (χ0n) is 11.1. The van der Waals surface area contributed by atoms with Crippen molar-refractivity contribution in [3.8, 4) is 11.6 Å². The van der Waals surface area contributed by atoms with Gasteiger partial charge in [-0.3, -0.25) is 4.79 Å². The monoisotopic (exact) mass is 262 g/mol. The van der Waals surface area contributed by atoms with Crippen molar-refractivity contribution < 1.29 is 14.6 Å². The van der Waals surface area contributed by atoms with Gasteiger partial charge in [0, 0.05) is 29.9 Å². The minimum atomic E-state index is -0.0550. The molecule has 0 aliphatic rings. The minimum Gasteiger partial charge on any atom is -0.508 e. The number of hydrogen-bond donors (Lipinski definition) is 3. The topological polar surface area (TPSA) is 74.3 Å². The molecule has 5 nitrogen and oxygen atoms in total. The molecule has 0 bridgehead atoms. The number of aromatic nitrogens is 1. The van der Waals surface area contributed by atoms with E-state index in [-0.39, 0.29) is 11.7 Å². The van der Waals surface area contributed by atoms with Crippen LogP contribution in [0.4, 0.5) is 0 Å². The van der Waals surface area contributed by atoms with Crippen molar-refractivity contribution in [2.24, 2.45) is 0 Å². The molecule has 1 aromatic heterocycles. The molecule has 0 atom stereocenters. The van der Waals surface area contributed by atoms with Crippen molar-refractivity contribution in [2.45, 2.75) is 20.3 Å². The summed E-state index contributed by atoms with van der Waals surface area (Å²) in [6.45, 7) is 4.51. The minimum absolute atomic E-state index is 0.0550. The van der Waals surface area contributed by atoms with Crippen LogP contribution in [-0.4, -0.2) is 29.1 Å². The fourth-order valence-corrected chi connectivity index (χ4v) is 2.09. The van der Waals surface area contributed by atoms with E-state index >= 15 is 0 Å². The average Bonchev–Trinajstić information content (AvgIpc) is 2.67. The Bertz CT molecular complexity index is 590. The van der Waals surface area contributed by atoms with E-state index in [0.717, 1.165) is 16.5 Å². The number of hydrogen-bond acceptors (Lipinski definition) is 3. The second kappa shape index (κ2) is 5.65. The summed E-state index contributed by atoms with van der Waals surface area (Å²) in [6, 6.07) is 5.15. The van der Waals surface area contributed by atoms with Crippen LogP contribution in [0.15, 0.2) is 18.2 Å². The third-order valence-electron chi connectivity index (χ3n) is 2.89. The lowest BCUT2D eigenvalue weighted by atomic mass is 10.1. The smallest absolute Gasteiger partial charge is 0.216 e. The van der Waals surface area contributed by atoms with Crippen LogP contribution in [0.25, 0.3) is 10.9 Å². The van der Waals surface area contributed by atoms with Gasteiger partial charge < -0.3 is 20.1 Å². The third-order valence-corrected chi connectivity index (χ3v) is 2.89. The standard InChI is InChI=1S/C14H18N2O3/c1-3-19-14-11(6-7-15-9(2)17)12-8-10(18)4-5-13(12)16-14/h4-5,8,16,18H,3,6-7H2,1-2H3,(H,15,17). The molecule has 0 fully saturated rings. The Kier molecular flexibility index (Phi) is 3.94. The van der Waals surface area contributed by atoms with Gasteiger partial charge in [-0.1, -0.05) is 0 Å². The van der Waals surface area contributed by atoms with E-state index in [4.69, 9.17) is 4.74 Å². The summed E-state index contributed by atoms with van der Waals surface area (Å²) in [5.74, 6) is 0.865. The summed E-state index contributed by atoms with van der Waals surface area (Å²) in [6.07, 6.45) is 0.651. The number of fused-ring (bicyclic) bond motifs is 1. The molecular weight excluding hydrogens is 244 g/mol. The number of benzene rings is 1. The first kappa shape index (κ1) is 13.3. The molecule has 0 radical (unpaired) electrons. The zero-order valence-corrected chi connectivity index (χ0v) is 11.1. The Morgan fingerprint density at radius 1 is 1.47 bits per heavy atom. The van der Waals surface area contributed by atoms with Gasteiger partial charge >= 0.3 is 0 Å². The molecule has 1 heterocycles. The molecule has 3 N–H and O–H groups in total. The van der Waals surface area contributed by atoms with Crippen LogP contribution in [0.5, 0.6) is 11.6 Å². The van der Waals surface area contributed by atoms with Crippen LogP contribution in [0.2, 0.25) is 0 Å². The summed E-state index contributed by atoms with van der Waals surface area (Å²) < 4.78 is 5.57. The molecule has 2 aromatic rings. The van der Waals surface area contributed by atoms with Crippen molar-refractivity contribution in [3.05, 3.63) is 23.8 Å². The highest BCUT2D eigenvalue weighted by Crippen LogP contribution is 2.30. The zero-order chi connectivity index (χ0) is 13.8. The van der Waals surface area contributed by atoms with Crippen molar-refractivity contribution in [1.29, 1.82) is 0 Å². The van der Waals surface area contributed by atoms with Crippen LogP contribution < -0.4 is 10.1 Å². The fourth-order valence-electron chi connectivity index (χ4n) is 2.09. The molecule has 0 aliphatic heterocycles. The van der Waals surface area contributed by atoms with Gasteiger partial charge in [-0.2, -0.15) is 0 Å². The summed E-state index contributed by atoms with van der Waals surface area (Å²) in [4.78, 5) is 14.1. The van der Waals surface area contributed by atoms with Crippen molar-refractivity contribution in [3.63, 3.8) is 0 Å². The average molecular weight is 262 g/mol. The van der Waals surface area contributed by atoms with Crippen molar-refractivity contribution >= 4 is 16.8 Å². The summed E-state index contributed by atoms with van der Waals surface area (Å²) in [5, 5.41) is 13.3.